The van der Waals surface area contributed by atoms with Gasteiger partial charge in [-0.25, -0.2) is 8.42 Å². The van der Waals surface area contributed by atoms with Crippen LogP contribution in [0, 0.1) is 6.92 Å². The van der Waals surface area contributed by atoms with Crippen LogP contribution in [0.25, 0.3) is 6.08 Å². The Hall–Kier alpha value is -1.96. The maximum absolute atomic E-state index is 12.5. The van der Waals surface area contributed by atoms with E-state index in [1.165, 1.54) is 10.4 Å². The van der Waals surface area contributed by atoms with Crippen molar-refractivity contribution >= 4 is 33.3 Å². The number of nitrogens with one attached hydrogen (secondary N) is 1. The molecule has 0 radical (unpaired) electrons. The van der Waals surface area contributed by atoms with Crippen molar-refractivity contribution < 1.29 is 13.2 Å². The van der Waals surface area contributed by atoms with E-state index in [0.29, 0.717) is 13.1 Å². The molecule has 0 saturated carbocycles. The van der Waals surface area contributed by atoms with Gasteiger partial charge in [-0.15, -0.1) is 11.3 Å². The third kappa shape index (κ3) is 5.28. The van der Waals surface area contributed by atoms with Gasteiger partial charge in [0, 0.05) is 24.0 Å². The Labute approximate surface area is 165 Å². The number of benzene rings is 1. The van der Waals surface area contributed by atoms with Crippen LogP contribution in [0.15, 0.2) is 46.7 Å². The predicted molar refractivity (Wildman–Crippen MR) is 111 cm³/mol. The minimum Gasteiger partial charge on any atom is -0.346 e. The van der Waals surface area contributed by atoms with E-state index in [4.69, 9.17) is 0 Å². The van der Waals surface area contributed by atoms with Crippen molar-refractivity contribution in [2.45, 2.75) is 38.6 Å². The zero-order valence-corrected chi connectivity index (χ0v) is 17.7. The molecule has 2 rings (SSSR count). The first-order chi connectivity index (χ1) is 12.8. The highest BCUT2D eigenvalue weighted by Crippen LogP contribution is 2.20. The van der Waals surface area contributed by atoms with Crippen LogP contribution in [0.1, 0.15) is 42.8 Å². The summed E-state index contributed by atoms with van der Waals surface area (Å²) in [4.78, 5) is 13.5. The fourth-order valence-electron chi connectivity index (χ4n) is 2.69. The number of amides is 1. The normalized spacial score (nSPS) is 13.2. The summed E-state index contributed by atoms with van der Waals surface area (Å²) in [5.74, 6) is -0.185. The fourth-order valence-corrected chi connectivity index (χ4v) is 4.97. The first-order valence-corrected chi connectivity index (χ1v) is 11.2. The fraction of sp³-hybridized carbons (Fsp3) is 0.350. The summed E-state index contributed by atoms with van der Waals surface area (Å²) in [5, 5.41) is 4.89. The molecule has 7 heteroatoms. The van der Waals surface area contributed by atoms with Gasteiger partial charge in [-0.05, 0) is 54.6 Å². The highest BCUT2D eigenvalue weighted by molar-refractivity contribution is 7.89. The summed E-state index contributed by atoms with van der Waals surface area (Å²) in [5.41, 5.74) is 1.99. The molecular formula is C20H26N2O3S2. The Kier molecular flexibility index (Phi) is 7.35. The Bertz CT molecular complexity index is 896. The van der Waals surface area contributed by atoms with Gasteiger partial charge in [-0.2, -0.15) is 4.31 Å². The molecule has 1 aromatic carbocycles. The van der Waals surface area contributed by atoms with Gasteiger partial charge in [0.05, 0.1) is 10.9 Å². The van der Waals surface area contributed by atoms with Gasteiger partial charge in [0.1, 0.15) is 0 Å². The number of thiophene rings is 1. The molecule has 0 aliphatic heterocycles. The van der Waals surface area contributed by atoms with Crippen molar-refractivity contribution in [1.82, 2.24) is 9.62 Å². The summed E-state index contributed by atoms with van der Waals surface area (Å²) in [6, 6.07) is 8.46. The predicted octanol–water partition coefficient (Wildman–Crippen LogP) is 3.98. The van der Waals surface area contributed by atoms with E-state index >= 15 is 0 Å². The number of aryl methyl sites for hydroxylation is 1. The van der Waals surface area contributed by atoms with Crippen molar-refractivity contribution in [2.24, 2.45) is 0 Å². The molecular weight excluding hydrogens is 380 g/mol. The van der Waals surface area contributed by atoms with Crippen molar-refractivity contribution in [1.29, 1.82) is 0 Å². The highest BCUT2D eigenvalue weighted by Gasteiger charge is 2.21. The molecule has 0 aliphatic rings. The Morgan fingerprint density at radius 3 is 2.33 bits per heavy atom. The van der Waals surface area contributed by atoms with Gasteiger partial charge < -0.3 is 5.32 Å². The average Bonchev–Trinajstić information content (AvgIpc) is 3.05. The van der Waals surface area contributed by atoms with E-state index in [-0.39, 0.29) is 16.8 Å². The van der Waals surface area contributed by atoms with Gasteiger partial charge in [-0.3, -0.25) is 4.79 Å². The molecule has 0 saturated heterocycles. The SMILES string of the molecule is CCN(CC)S(=O)(=O)c1ccc([C@@H](C)NC(=O)/C=C/c2sccc2C)cc1. The number of hydrogen-bond donors (Lipinski definition) is 1. The second-order valence-electron chi connectivity index (χ2n) is 6.19. The number of carbonyl (C=O) groups is 1. The van der Waals surface area contributed by atoms with Crippen LogP contribution in [-0.2, 0) is 14.8 Å². The Morgan fingerprint density at radius 2 is 1.81 bits per heavy atom. The van der Waals surface area contributed by atoms with Crippen LogP contribution in [0.4, 0.5) is 0 Å². The summed E-state index contributed by atoms with van der Waals surface area (Å²) in [6.07, 6.45) is 3.33. The summed E-state index contributed by atoms with van der Waals surface area (Å²) in [6.45, 7) is 8.38. The average molecular weight is 407 g/mol. The smallest absolute Gasteiger partial charge is 0.244 e. The lowest BCUT2D eigenvalue weighted by molar-refractivity contribution is -0.117. The van der Waals surface area contributed by atoms with Crippen LogP contribution in [0.2, 0.25) is 0 Å². The molecule has 27 heavy (non-hydrogen) atoms. The van der Waals surface area contributed by atoms with E-state index < -0.39 is 10.0 Å². The molecule has 0 unspecified atom stereocenters. The standard InChI is InChI=1S/C20H26N2O3S2/c1-5-22(6-2)27(24,25)18-9-7-17(8-10-18)16(4)21-20(23)12-11-19-15(3)13-14-26-19/h7-14,16H,5-6H2,1-4H3,(H,21,23)/b12-11+/t16-/m1/s1. The second kappa shape index (κ2) is 9.30. The number of hydrogen-bond acceptors (Lipinski definition) is 4. The van der Waals surface area contributed by atoms with Crippen molar-refractivity contribution in [3.05, 3.63) is 57.8 Å². The topological polar surface area (TPSA) is 66.5 Å². The molecule has 0 bridgehead atoms. The van der Waals surface area contributed by atoms with E-state index in [0.717, 1.165) is 16.0 Å². The largest absolute Gasteiger partial charge is 0.346 e. The quantitative estimate of drug-likeness (QED) is 0.675. The minimum atomic E-state index is -3.47. The van der Waals surface area contributed by atoms with Gasteiger partial charge in [0.2, 0.25) is 15.9 Å². The maximum Gasteiger partial charge on any atom is 0.244 e. The van der Waals surface area contributed by atoms with Gasteiger partial charge in [0.15, 0.2) is 0 Å². The molecule has 1 amide bonds. The van der Waals surface area contributed by atoms with E-state index in [9.17, 15) is 13.2 Å². The van der Waals surface area contributed by atoms with Crippen LogP contribution in [0.3, 0.4) is 0 Å². The van der Waals surface area contributed by atoms with Crippen molar-refractivity contribution in [3.63, 3.8) is 0 Å². The molecule has 5 nitrogen and oxygen atoms in total. The Balaban J connectivity index is 2.05. The first kappa shape index (κ1) is 21.3. The van der Waals surface area contributed by atoms with Crippen LogP contribution in [0.5, 0.6) is 0 Å². The third-order valence-electron chi connectivity index (χ3n) is 4.37. The molecule has 1 atom stereocenters. The van der Waals surface area contributed by atoms with Crippen molar-refractivity contribution in [3.8, 4) is 0 Å². The molecule has 1 heterocycles. The van der Waals surface area contributed by atoms with E-state index in [2.05, 4.69) is 5.32 Å². The molecule has 0 fully saturated rings. The number of carbonyl (C=O) groups excluding carboxylic acids is 1. The zero-order valence-electron chi connectivity index (χ0n) is 16.1. The highest BCUT2D eigenvalue weighted by atomic mass is 32.2. The zero-order chi connectivity index (χ0) is 20.0. The lowest BCUT2D eigenvalue weighted by Crippen LogP contribution is -2.30. The molecule has 2 aromatic rings. The lowest BCUT2D eigenvalue weighted by Gasteiger charge is -2.19. The number of sulfonamides is 1. The summed E-state index contributed by atoms with van der Waals surface area (Å²) < 4.78 is 26.5. The molecule has 0 aliphatic carbocycles. The van der Waals surface area contributed by atoms with Gasteiger partial charge in [-0.1, -0.05) is 26.0 Å². The Morgan fingerprint density at radius 1 is 1.19 bits per heavy atom. The van der Waals surface area contributed by atoms with Crippen LogP contribution in [-0.4, -0.2) is 31.7 Å². The monoisotopic (exact) mass is 406 g/mol. The van der Waals surface area contributed by atoms with Crippen molar-refractivity contribution in [2.75, 3.05) is 13.1 Å². The summed E-state index contributed by atoms with van der Waals surface area (Å²) >= 11 is 1.59. The summed E-state index contributed by atoms with van der Waals surface area (Å²) in [7, 11) is -3.47. The molecule has 146 valence electrons. The number of nitrogens with zero attached hydrogens (tertiary/aromatic N) is 1. The van der Waals surface area contributed by atoms with Gasteiger partial charge in [0.25, 0.3) is 0 Å². The van der Waals surface area contributed by atoms with Crippen LogP contribution >= 0.6 is 11.3 Å². The number of rotatable bonds is 8. The first-order valence-electron chi connectivity index (χ1n) is 8.92. The second-order valence-corrected chi connectivity index (χ2v) is 9.08. The third-order valence-corrected chi connectivity index (χ3v) is 7.42. The van der Waals surface area contributed by atoms with Gasteiger partial charge >= 0.3 is 0 Å². The van der Waals surface area contributed by atoms with E-state index in [1.54, 1.807) is 35.6 Å². The van der Waals surface area contributed by atoms with E-state index in [1.807, 2.05) is 45.2 Å². The lowest BCUT2D eigenvalue weighted by atomic mass is 10.1. The van der Waals surface area contributed by atoms with Crippen LogP contribution < -0.4 is 5.32 Å². The molecule has 1 aromatic heterocycles. The maximum atomic E-state index is 12.5. The minimum absolute atomic E-state index is 0.185. The molecule has 1 N–H and O–H groups in total. The molecule has 0 spiro atoms.